The minimum absolute atomic E-state index is 0. The molecule has 1 saturated heterocycles. The molecule has 0 atom stereocenters. The highest BCUT2D eigenvalue weighted by molar-refractivity contribution is 9.10. The Morgan fingerprint density at radius 3 is 2.81 bits per heavy atom. The number of amides is 1. The van der Waals surface area contributed by atoms with Crippen LogP contribution in [0.5, 0.6) is 0 Å². The highest BCUT2D eigenvalue weighted by Crippen LogP contribution is 2.17. The van der Waals surface area contributed by atoms with Gasteiger partial charge in [-0.2, -0.15) is 0 Å². The molecule has 0 saturated carbocycles. The number of carbonyl (C=O) groups excluding carboxylic acids is 1. The number of benzene rings is 1. The fraction of sp³-hybridized carbons (Fsp3) is 0.500. The van der Waals surface area contributed by atoms with Crippen molar-refractivity contribution in [2.24, 2.45) is 0 Å². The van der Waals surface area contributed by atoms with Crippen LogP contribution in [0.25, 0.3) is 0 Å². The number of carbonyl (C=O) groups is 1. The fourth-order valence-electron chi connectivity index (χ4n) is 2.21. The highest BCUT2D eigenvalue weighted by Gasteiger charge is 2.12. The summed E-state index contributed by atoms with van der Waals surface area (Å²) in [6.45, 7) is 5.76. The monoisotopic (exact) mass is 379 g/mol. The van der Waals surface area contributed by atoms with Crippen LogP contribution in [0.2, 0.25) is 0 Å². The van der Waals surface area contributed by atoms with E-state index in [1.807, 2.05) is 0 Å². The molecule has 0 unspecified atom stereocenters. The van der Waals surface area contributed by atoms with Crippen molar-refractivity contribution in [3.05, 3.63) is 34.1 Å². The van der Waals surface area contributed by atoms with Gasteiger partial charge in [0.2, 0.25) is 0 Å². The molecule has 0 bridgehead atoms. The highest BCUT2D eigenvalue weighted by atomic mass is 79.9. The maximum Gasteiger partial charge on any atom is 0.252 e. The van der Waals surface area contributed by atoms with Gasteiger partial charge in [0.1, 0.15) is 5.82 Å². The third-order valence-corrected chi connectivity index (χ3v) is 4.01. The number of nitrogens with zero attached hydrogens (tertiary/aromatic N) is 1. The first-order valence-corrected chi connectivity index (χ1v) is 7.62. The van der Waals surface area contributed by atoms with Gasteiger partial charge in [0.25, 0.3) is 5.91 Å². The standard InChI is InChI=1S/C14H19BrFN3O.ClH/c15-13-3-2-11(16)10-12(13)14(20)18-4-1-7-19-8-5-17-6-9-19;/h2-3,10,17H,1,4-9H2,(H,18,20);1H. The first kappa shape index (κ1) is 18.4. The van der Waals surface area contributed by atoms with E-state index in [4.69, 9.17) is 0 Å². The average Bonchev–Trinajstić information content (AvgIpc) is 2.47. The summed E-state index contributed by atoms with van der Waals surface area (Å²) in [4.78, 5) is 14.3. The van der Waals surface area contributed by atoms with Crippen LogP contribution in [-0.2, 0) is 0 Å². The third kappa shape index (κ3) is 5.90. The summed E-state index contributed by atoms with van der Waals surface area (Å²) < 4.78 is 13.7. The topological polar surface area (TPSA) is 44.4 Å². The minimum atomic E-state index is -0.404. The summed E-state index contributed by atoms with van der Waals surface area (Å²) in [7, 11) is 0. The Hall–Kier alpha value is -0.690. The van der Waals surface area contributed by atoms with Gasteiger partial charge in [-0.3, -0.25) is 4.79 Å². The number of hydrogen-bond acceptors (Lipinski definition) is 3. The van der Waals surface area contributed by atoms with Crippen LogP contribution in [-0.4, -0.2) is 50.1 Å². The summed E-state index contributed by atoms with van der Waals surface area (Å²) >= 11 is 3.26. The Balaban J connectivity index is 0.00000220. The van der Waals surface area contributed by atoms with Gasteiger partial charge in [-0.05, 0) is 47.1 Å². The molecule has 7 heteroatoms. The predicted molar refractivity (Wildman–Crippen MR) is 87.6 cm³/mol. The van der Waals surface area contributed by atoms with E-state index < -0.39 is 5.82 Å². The zero-order chi connectivity index (χ0) is 14.4. The van der Waals surface area contributed by atoms with Crippen molar-refractivity contribution in [1.82, 2.24) is 15.5 Å². The molecule has 1 fully saturated rings. The van der Waals surface area contributed by atoms with E-state index in [1.165, 1.54) is 12.1 Å². The van der Waals surface area contributed by atoms with Crippen molar-refractivity contribution in [3.63, 3.8) is 0 Å². The first-order valence-electron chi connectivity index (χ1n) is 6.83. The number of rotatable bonds is 5. The number of halogens is 3. The molecule has 1 aliphatic heterocycles. The van der Waals surface area contributed by atoms with Crippen LogP contribution in [0.15, 0.2) is 22.7 Å². The molecule has 118 valence electrons. The molecular formula is C14H20BrClFN3O. The average molecular weight is 381 g/mol. The van der Waals surface area contributed by atoms with Gasteiger partial charge in [0.15, 0.2) is 0 Å². The minimum Gasteiger partial charge on any atom is -0.352 e. The Bertz CT molecular complexity index is 470. The number of piperazine rings is 1. The summed E-state index contributed by atoms with van der Waals surface area (Å²) in [5.41, 5.74) is 0.340. The molecule has 2 N–H and O–H groups in total. The second kappa shape index (κ2) is 9.35. The van der Waals surface area contributed by atoms with Gasteiger partial charge in [0, 0.05) is 37.2 Å². The second-order valence-electron chi connectivity index (χ2n) is 4.83. The normalized spacial score (nSPS) is 15.3. The molecule has 0 aliphatic carbocycles. The smallest absolute Gasteiger partial charge is 0.252 e. The largest absolute Gasteiger partial charge is 0.352 e. The molecule has 1 heterocycles. The molecule has 2 rings (SSSR count). The van der Waals surface area contributed by atoms with E-state index in [9.17, 15) is 9.18 Å². The SMILES string of the molecule is Cl.O=C(NCCCN1CCNCC1)c1cc(F)ccc1Br. The predicted octanol–water partition coefficient (Wildman–Crippen LogP) is 2.04. The van der Waals surface area contributed by atoms with Gasteiger partial charge in [-0.1, -0.05) is 0 Å². The van der Waals surface area contributed by atoms with Gasteiger partial charge in [-0.25, -0.2) is 4.39 Å². The molecule has 21 heavy (non-hydrogen) atoms. The zero-order valence-corrected chi connectivity index (χ0v) is 14.1. The van der Waals surface area contributed by atoms with E-state index in [0.29, 0.717) is 16.6 Å². The Labute approximate surface area is 139 Å². The molecule has 1 aromatic rings. The zero-order valence-electron chi connectivity index (χ0n) is 11.7. The second-order valence-corrected chi connectivity index (χ2v) is 5.68. The summed E-state index contributed by atoms with van der Waals surface area (Å²) in [6.07, 6.45) is 0.901. The maximum absolute atomic E-state index is 13.1. The van der Waals surface area contributed by atoms with Crippen LogP contribution in [0.4, 0.5) is 4.39 Å². The quantitative estimate of drug-likeness (QED) is 0.768. The molecular weight excluding hydrogens is 361 g/mol. The van der Waals surface area contributed by atoms with Gasteiger partial charge >= 0.3 is 0 Å². The van der Waals surface area contributed by atoms with Crippen LogP contribution in [0.3, 0.4) is 0 Å². The van der Waals surface area contributed by atoms with E-state index in [0.717, 1.165) is 39.1 Å². The van der Waals surface area contributed by atoms with E-state index in [2.05, 4.69) is 31.5 Å². The third-order valence-electron chi connectivity index (χ3n) is 3.32. The number of nitrogens with one attached hydrogen (secondary N) is 2. The molecule has 0 radical (unpaired) electrons. The van der Waals surface area contributed by atoms with Crippen molar-refractivity contribution >= 4 is 34.2 Å². The van der Waals surface area contributed by atoms with Gasteiger partial charge in [0.05, 0.1) is 5.56 Å². The summed E-state index contributed by atoms with van der Waals surface area (Å²) in [6, 6.07) is 4.12. The lowest BCUT2D eigenvalue weighted by molar-refractivity contribution is 0.0950. The molecule has 0 aromatic heterocycles. The van der Waals surface area contributed by atoms with Crippen LogP contribution < -0.4 is 10.6 Å². The van der Waals surface area contributed by atoms with Crippen molar-refractivity contribution in [2.45, 2.75) is 6.42 Å². The van der Waals surface area contributed by atoms with Gasteiger partial charge < -0.3 is 15.5 Å². The maximum atomic E-state index is 13.1. The van der Waals surface area contributed by atoms with Crippen molar-refractivity contribution in [2.75, 3.05) is 39.3 Å². The Kier molecular flexibility index (Phi) is 8.18. The molecule has 1 amide bonds. The van der Waals surface area contributed by atoms with Crippen molar-refractivity contribution < 1.29 is 9.18 Å². The lowest BCUT2D eigenvalue weighted by atomic mass is 10.2. The van der Waals surface area contributed by atoms with E-state index >= 15 is 0 Å². The Morgan fingerprint density at radius 2 is 2.10 bits per heavy atom. The molecule has 1 aliphatic rings. The summed E-state index contributed by atoms with van der Waals surface area (Å²) in [5, 5.41) is 6.13. The summed E-state index contributed by atoms with van der Waals surface area (Å²) in [5.74, 6) is -0.643. The Morgan fingerprint density at radius 1 is 1.38 bits per heavy atom. The van der Waals surface area contributed by atoms with Crippen LogP contribution in [0, 0.1) is 5.82 Å². The van der Waals surface area contributed by atoms with E-state index in [-0.39, 0.29) is 18.3 Å². The van der Waals surface area contributed by atoms with E-state index in [1.54, 1.807) is 6.07 Å². The van der Waals surface area contributed by atoms with Gasteiger partial charge in [-0.15, -0.1) is 12.4 Å². The lowest BCUT2D eigenvalue weighted by Crippen LogP contribution is -2.44. The molecule has 4 nitrogen and oxygen atoms in total. The lowest BCUT2D eigenvalue weighted by Gasteiger charge is -2.27. The number of hydrogen-bond donors (Lipinski definition) is 2. The van der Waals surface area contributed by atoms with Crippen molar-refractivity contribution in [3.8, 4) is 0 Å². The first-order chi connectivity index (χ1) is 9.66. The molecule has 1 aromatic carbocycles. The molecule has 0 spiro atoms. The fourth-order valence-corrected chi connectivity index (χ4v) is 2.63. The van der Waals surface area contributed by atoms with Crippen LogP contribution in [0.1, 0.15) is 16.8 Å². The van der Waals surface area contributed by atoms with Crippen LogP contribution >= 0.6 is 28.3 Å². The van der Waals surface area contributed by atoms with Crippen molar-refractivity contribution in [1.29, 1.82) is 0 Å².